The third kappa shape index (κ3) is 4.28. The van der Waals surface area contributed by atoms with E-state index in [1.54, 1.807) is 30.1 Å². The van der Waals surface area contributed by atoms with Crippen LogP contribution in [-0.4, -0.2) is 46.9 Å². The van der Waals surface area contributed by atoms with Gasteiger partial charge in [0.15, 0.2) is 5.13 Å². The molecule has 0 fully saturated rings. The Hall–Kier alpha value is -3.66. The highest BCUT2D eigenvalue weighted by Gasteiger charge is 2.31. The molecule has 2 heterocycles. The quantitative estimate of drug-likeness (QED) is 0.520. The standard InChI is InChI=1S/C24H25FN6O2S/c1-5-6-15(12-26-3)20-16-8-9-18-22(34-24(29-18)28-13(2)32)21(16)31(30-20)19-10-7-14(11-17(19)25)23(33)27-4/h6-7,10-12H,5,8-9H2,1-4H3,(H,27,33)(H,28,29,32)/b15-6+,26-12?. The van der Waals surface area contributed by atoms with Crippen LogP contribution < -0.4 is 10.6 Å². The van der Waals surface area contributed by atoms with Crippen LogP contribution in [0.3, 0.4) is 0 Å². The van der Waals surface area contributed by atoms with Crippen molar-refractivity contribution < 1.29 is 14.0 Å². The molecule has 176 valence electrons. The van der Waals surface area contributed by atoms with E-state index in [0.29, 0.717) is 18.0 Å². The number of aliphatic imine (C=N–C) groups is 1. The highest BCUT2D eigenvalue weighted by atomic mass is 32.1. The first-order valence-corrected chi connectivity index (χ1v) is 11.7. The number of thiazole rings is 1. The summed E-state index contributed by atoms with van der Waals surface area (Å²) in [6.07, 6.45) is 5.92. The van der Waals surface area contributed by atoms with E-state index in [-0.39, 0.29) is 23.1 Å². The first kappa shape index (κ1) is 23.5. The summed E-state index contributed by atoms with van der Waals surface area (Å²) in [5.74, 6) is -1.14. The average molecular weight is 481 g/mol. The fourth-order valence-electron chi connectivity index (χ4n) is 4.01. The molecule has 0 saturated heterocycles. The smallest absolute Gasteiger partial charge is 0.251 e. The van der Waals surface area contributed by atoms with E-state index in [4.69, 9.17) is 5.10 Å². The highest BCUT2D eigenvalue weighted by Crippen LogP contribution is 2.43. The maximum atomic E-state index is 15.3. The molecule has 0 bridgehead atoms. The van der Waals surface area contributed by atoms with Crippen LogP contribution in [-0.2, 0) is 17.6 Å². The number of halogens is 1. The molecule has 1 aromatic carbocycles. The van der Waals surface area contributed by atoms with Crippen LogP contribution in [0.4, 0.5) is 9.52 Å². The number of carbonyl (C=O) groups excluding carboxylic acids is 2. The lowest BCUT2D eigenvalue weighted by Crippen LogP contribution is -2.18. The van der Waals surface area contributed by atoms with Gasteiger partial charge in [0.05, 0.1) is 22.0 Å². The van der Waals surface area contributed by atoms with Crippen LogP contribution in [0.2, 0.25) is 0 Å². The van der Waals surface area contributed by atoms with E-state index in [9.17, 15) is 9.59 Å². The third-order valence-corrected chi connectivity index (χ3v) is 6.44. The Balaban J connectivity index is 1.96. The molecule has 2 N–H and O–H groups in total. The first-order valence-electron chi connectivity index (χ1n) is 10.9. The summed E-state index contributed by atoms with van der Waals surface area (Å²) >= 11 is 1.34. The number of rotatable bonds is 6. The van der Waals surface area contributed by atoms with Crippen molar-refractivity contribution in [2.45, 2.75) is 33.1 Å². The van der Waals surface area contributed by atoms with Crippen LogP contribution >= 0.6 is 11.3 Å². The zero-order chi connectivity index (χ0) is 24.4. The molecular formula is C24H25FN6O2S. The van der Waals surface area contributed by atoms with Gasteiger partial charge in [-0.25, -0.2) is 14.1 Å². The summed E-state index contributed by atoms with van der Waals surface area (Å²) in [5.41, 5.74) is 4.59. The maximum absolute atomic E-state index is 15.3. The van der Waals surface area contributed by atoms with Crippen molar-refractivity contribution in [2.24, 2.45) is 4.99 Å². The van der Waals surface area contributed by atoms with Crippen LogP contribution in [0.25, 0.3) is 21.8 Å². The lowest BCUT2D eigenvalue weighted by Gasteiger charge is -2.15. The Bertz CT molecular complexity index is 1340. The number of allylic oxidation sites excluding steroid dienone is 2. The molecule has 10 heteroatoms. The van der Waals surface area contributed by atoms with E-state index in [2.05, 4.69) is 20.6 Å². The molecule has 34 heavy (non-hydrogen) atoms. The van der Waals surface area contributed by atoms with E-state index in [1.165, 1.54) is 31.4 Å². The topological polar surface area (TPSA) is 101 Å². The van der Waals surface area contributed by atoms with Crippen molar-refractivity contribution in [1.82, 2.24) is 20.1 Å². The SMILES string of the molecule is CC/C=C(\C=NC)c1nn(-c2ccc(C(=O)NC)cc2F)c2c1CCc1nc(NC(C)=O)sc1-2. The Morgan fingerprint density at radius 2 is 2.12 bits per heavy atom. The number of fused-ring (bicyclic) bond motifs is 3. The largest absolute Gasteiger partial charge is 0.355 e. The Morgan fingerprint density at radius 1 is 1.32 bits per heavy atom. The monoisotopic (exact) mass is 480 g/mol. The van der Waals surface area contributed by atoms with Crippen molar-refractivity contribution in [3.63, 3.8) is 0 Å². The van der Waals surface area contributed by atoms with Crippen molar-refractivity contribution >= 4 is 40.1 Å². The van der Waals surface area contributed by atoms with Gasteiger partial charge in [-0.15, -0.1) is 0 Å². The summed E-state index contributed by atoms with van der Waals surface area (Å²) in [4.78, 5) is 33.2. The molecule has 0 atom stereocenters. The second-order valence-electron chi connectivity index (χ2n) is 7.76. The van der Waals surface area contributed by atoms with Gasteiger partial charge in [-0.1, -0.05) is 24.3 Å². The third-order valence-electron chi connectivity index (χ3n) is 5.42. The van der Waals surface area contributed by atoms with Gasteiger partial charge in [0.25, 0.3) is 5.91 Å². The molecule has 0 radical (unpaired) electrons. The van der Waals surface area contributed by atoms with Gasteiger partial charge in [0.2, 0.25) is 5.91 Å². The van der Waals surface area contributed by atoms with Crippen LogP contribution in [0.15, 0.2) is 29.3 Å². The molecule has 8 nitrogen and oxygen atoms in total. The van der Waals surface area contributed by atoms with Gasteiger partial charge >= 0.3 is 0 Å². The normalized spacial score (nSPS) is 13.0. The molecule has 0 unspecified atom stereocenters. The van der Waals surface area contributed by atoms with E-state index >= 15 is 4.39 Å². The molecule has 2 amide bonds. The number of anilines is 1. The molecule has 0 saturated carbocycles. The zero-order valence-corrected chi connectivity index (χ0v) is 20.2. The maximum Gasteiger partial charge on any atom is 0.251 e. The number of hydrogen-bond donors (Lipinski definition) is 2. The molecule has 0 aliphatic heterocycles. The second kappa shape index (κ2) is 9.68. The van der Waals surface area contributed by atoms with Gasteiger partial charge in [0.1, 0.15) is 11.5 Å². The van der Waals surface area contributed by atoms with Crippen molar-refractivity contribution in [2.75, 3.05) is 19.4 Å². The predicted octanol–water partition coefficient (Wildman–Crippen LogP) is 4.05. The van der Waals surface area contributed by atoms with Gasteiger partial charge < -0.3 is 10.6 Å². The van der Waals surface area contributed by atoms with E-state index in [1.807, 2.05) is 13.0 Å². The Kier molecular flexibility index (Phi) is 6.69. The average Bonchev–Trinajstić information content (AvgIpc) is 3.38. The fourth-order valence-corrected chi connectivity index (χ4v) is 5.13. The minimum Gasteiger partial charge on any atom is -0.355 e. The number of amides is 2. The highest BCUT2D eigenvalue weighted by molar-refractivity contribution is 7.19. The fraction of sp³-hybridized carbons (Fsp3) is 0.292. The van der Waals surface area contributed by atoms with Gasteiger partial charge in [-0.3, -0.25) is 14.6 Å². The molecule has 2 aromatic heterocycles. The minimum absolute atomic E-state index is 0.205. The molecule has 1 aliphatic carbocycles. The van der Waals surface area contributed by atoms with Crippen LogP contribution in [0, 0.1) is 5.82 Å². The van der Waals surface area contributed by atoms with Crippen LogP contribution in [0.5, 0.6) is 0 Å². The number of aromatic nitrogens is 3. The molecule has 0 spiro atoms. The number of aryl methyl sites for hydroxylation is 1. The van der Waals surface area contributed by atoms with Gasteiger partial charge in [-0.05, 0) is 37.5 Å². The molecule has 4 rings (SSSR count). The lowest BCUT2D eigenvalue weighted by molar-refractivity contribution is -0.114. The van der Waals surface area contributed by atoms with Crippen molar-refractivity contribution in [3.8, 4) is 16.3 Å². The zero-order valence-electron chi connectivity index (χ0n) is 19.4. The summed E-state index contributed by atoms with van der Waals surface area (Å²) in [7, 11) is 3.20. The molecule has 3 aromatic rings. The number of nitrogens with one attached hydrogen (secondary N) is 2. The van der Waals surface area contributed by atoms with Gasteiger partial charge in [0, 0.05) is 43.9 Å². The van der Waals surface area contributed by atoms with E-state index in [0.717, 1.165) is 39.5 Å². The Labute approximate surface area is 200 Å². The second-order valence-corrected chi connectivity index (χ2v) is 8.76. The number of benzene rings is 1. The number of nitrogens with zero attached hydrogens (tertiary/aromatic N) is 4. The summed E-state index contributed by atoms with van der Waals surface area (Å²) in [6.45, 7) is 3.47. The molecular weight excluding hydrogens is 455 g/mol. The van der Waals surface area contributed by atoms with Crippen molar-refractivity contribution in [3.05, 3.63) is 52.6 Å². The van der Waals surface area contributed by atoms with E-state index < -0.39 is 5.82 Å². The summed E-state index contributed by atoms with van der Waals surface area (Å²) in [5, 5.41) is 10.6. The van der Waals surface area contributed by atoms with Crippen molar-refractivity contribution in [1.29, 1.82) is 0 Å². The summed E-state index contributed by atoms with van der Waals surface area (Å²) in [6, 6.07) is 4.33. The van der Waals surface area contributed by atoms with Gasteiger partial charge in [-0.2, -0.15) is 5.10 Å². The number of hydrogen-bond acceptors (Lipinski definition) is 6. The molecule has 1 aliphatic rings. The number of carbonyl (C=O) groups is 2. The predicted molar refractivity (Wildman–Crippen MR) is 132 cm³/mol. The minimum atomic E-state index is -0.568. The Morgan fingerprint density at radius 3 is 2.76 bits per heavy atom. The van der Waals surface area contributed by atoms with Crippen LogP contribution in [0.1, 0.15) is 47.6 Å². The lowest BCUT2D eigenvalue weighted by atomic mass is 9.95. The first-order chi connectivity index (χ1) is 16.4. The summed E-state index contributed by atoms with van der Waals surface area (Å²) < 4.78 is 16.9.